The minimum atomic E-state index is -0.470. The van der Waals surface area contributed by atoms with Gasteiger partial charge in [-0.05, 0) is 64.7 Å². The average Bonchev–Trinajstić information content (AvgIpc) is 3.15. The zero-order valence-corrected chi connectivity index (χ0v) is 19.3. The SMILES string of the molecule is COc1cc2nn(C3CCC4(CC3)CCN(C(=O)OC(C)(C)C)CC4)cc2cc1[N+](=O)[O-]. The van der Waals surface area contributed by atoms with Crippen LogP contribution >= 0.6 is 0 Å². The van der Waals surface area contributed by atoms with Crippen LogP contribution < -0.4 is 4.74 Å². The highest BCUT2D eigenvalue weighted by atomic mass is 16.6. The first-order chi connectivity index (χ1) is 15.1. The molecule has 0 N–H and O–H groups in total. The van der Waals surface area contributed by atoms with E-state index >= 15 is 0 Å². The maximum atomic E-state index is 12.4. The second kappa shape index (κ2) is 8.26. The number of fused-ring (bicyclic) bond motifs is 1. The molecule has 9 heteroatoms. The van der Waals surface area contributed by atoms with Crippen molar-refractivity contribution >= 4 is 22.7 Å². The summed E-state index contributed by atoms with van der Waals surface area (Å²) in [6.45, 7) is 7.17. The minimum absolute atomic E-state index is 0.0427. The van der Waals surface area contributed by atoms with Crippen molar-refractivity contribution in [3.8, 4) is 5.75 Å². The number of hydrogen-bond acceptors (Lipinski definition) is 6. The predicted octanol–water partition coefficient (Wildman–Crippen LogP) is 5.09. The number of ether oxygens (including phenoxy) is 2. The summed E-state index contributed by atoms with van der Waals surface area (Å²) < 4.78 is 12.7. The summed E-state index contributed by atoms with van der Waals surface area (Å²) in [5.41, 5.74) is 0.475. The van der Waals surface area contributed by atoms with Crippen LogP contribution in [-0.4, -0.2) is 51.5 Å². The van der Waals surface area contributed by atoms with Crippen LogP contribution in [-0.2, 0) is 4.74 Å². The molecule has 2 fully saturated rings. The number of benzene rings is 1. The summed E-state index contributed by atoms with van der Waals surface area (Å²) in [4.78, 5) is 25.1. The van der Waals surface area contributed by atoms with Crippen LogP contribution in [0, 0.1) is 15.5 Å². The molecule has 0 atom stereocenters. The zero-order valence-electron chi connectivity index (χ0n) is 19.3. The first kappa shape index (κ1) is 22.4. The molecule has 1 spiro atoms. The molecule has 1 saturated carbocycles. The minimum Gasteiger partial charge on any atom is -0.490 e. The lowest BCUT2D eigenvalue weighted by Gasteiger charge is -2.45. The highest BCUT2D eigenvalue weighted by Crippen LogP contribution is 2.48. The summed E-state index contributed by atoms with van der Waals surface area (Å²) in [5, 5.41) is 16.7. The molecule has 2 aliphatic rings. The maximum Gasteiger partial charge on any atom is 0.410 e. The second-order valence-corrected chi connectivity index (χ2v) is 10.1. The van der Waals surface area contributed by atoms with Crippen molar-refractivity contribution in [3.05, 3.63) is 28.4 Å². The third-order valence-corrected chi connectivity index (χ3v) is 6.89. The van der Waals surface area contributed by atoms with Gasteiger partial charge in [-0.2, -0.15) is 5.10 Å². The van der Waals surface area contributed by atoms with Crippen LogP contribution in [0.5, 0.6) is 5.75 Å². The lowest BCUT2D eigenvalue weighted by molar-refractivity contribution is -0.385. The Kier molecular flexibility index (Phi) is 5.77. The lowest BCUT2D eigenvalue weighted by atomic mass is 9.67. The van der Waals surface area contributed by atoms with Crippen molar-refractivity contribution in [2.75, 3.05) is 20.2 Å². The number of methoxy groups -OCH3 is 1. The van der Waals surface area contributed by atoms with E-state index in [4.69, 9.17) is 14.6 Å². The van der Waals surface area contributed by atoms with E-state index in [0.29, 0.717) is 5.52 Å². The van der Waals surface area contributed by atoms with E-state index in [1.807, 2.05) is 36.5 Å². The summed E-state index contributed by atoms with van der Waals surface area (Å²) in [6.07, 6.45) is 7.93. The van der Waals surface area contributed by atoms with Gasteiger partial charge in [0.2, 0.25) is 0 Å². The Morgan fingerprint density at radius 2 is 1.84 bits per heavy atom. The van der Waals surface area contributed by atoms with E-state index in [0.717, 1.165) is 57.0 Å². The van der Waals surface area contributed by atoms with E-state index in [2.05, 4.69) is 0 Å². The molecule has 1 saturated heterocycles. The Morgan fingerprint density at radius 3 is 2.41 bits per heavy atom. The Hall–Kier alpha value is -2.84. The number of piperidine rings is 1. The largest absolute Gasteiger partial charge is 0.490 e. The predicted molar refractivity (Wildman–Crippen MR) is 120 cm³/mol. The summed E-state index contributed by atoms with van der Waals surface area (Å²) in [5.74, 6) is 0.229. The standard InChI is InChI=1S/C23H32N4O5/c1-22(2,3)32-21(28)25-11-9-23(10-12-25)7-5-17(6-8-23)26-15-16-13-19(27(29)30)20(31-4)14-18(16)24-26/h13-15,17H,5-12H2,1-4H3. The molecule has 0 bridgehead atoms. The Bertz CT molecular complexity index is 1010. The number of carbonyl (C=O) groups is 1. The number of rotatable bonds is 3. The molecule has 1 aromatic heterocycles. The van der Waals surface area contributed by atoms with Crippen LogP contribution in [0.2, 0.25) is 0 Å². The Balaban J connectivity index is 1.39. The average molecular weight is 445 g/mol. The van der Waals surface area contributed by atoms with Crippen molar-refractivity contribution in [1.29, 1.82) is 0 Å². The van der Waals surface area contributed by atoms with Gasteiger partial charge in [0.25, 0.3) is 0 Å². The fourth-order valence-electron chi connectivity index (χ4n) is 5.02. The number of likely N-dealkylation sites (tertiary alicyclic amines) is 1. The Morgan fingerprint density at radius 1 is 1.19 bits per heavy atom. The number of amides is 1. The zero-order chi connectivity index (χ0) is 23.1. The van der Waals surface area contributed by atoms with Gasteiger partial charge >= 0.3 is 11.8 Å². The van der Waals surface area contributed by atoms with Crippen LogP contribution in [0.25, 0.3) is 10.9 Å². The summed E-state index contributed by atoms with van der Waals surface area (Å²) in [7, 11) is 1.43. The molecular formula is C23H32N4O5. The second-order valence-electron chi connectivity index (χ2n) is 10.1. The fourth-order valence-corrected chi connectivity index (χ4v) is 5.02. The van der Waals surface area contributed by atoms with E-state index in [1.165, 1.54) is 13.2 Å². The van der Waals surface area contributed by atoms with Crippen LogP contribution in [0.1, 0.15) is 65.3 Å². The summed E-state index contributed by atoms with van der Waals surface area (Å²) >= 11 is 0. The van der Waals surface area contributed by atoms with Gasteiger partial charge in [-0.25, -0.2) is 4.79 Å². The molecule has 0 radical (unpaired) electrons. The number of hydrogen-bond donors (Lipinski definition) is 0. The molecule has 1 amide bonds. The Labute approximate surface area is 187 Å². The van der Waals surface area contributed by atoms with Gasteiger partial charge in [-0.15, -0.1) is 0 Å². The van der Waals surface area contributed by atoms with Crippen molar-refractivity contribution in [2.24, 2.45) is 5.41 Å². The van der Waals surface area contributed by atoms with Gasteiger partial charge in [-0.3, -0.25) is 14.8 Å². The number of nitro groups is 1. The quantitative estimate of drug-likeness (QED) is 0.483. The normalized spacial score (nSPS) is 19.3. The van der Waals surface area contributed by atoms with Crippen LogP contribution in [0.3, 0.4) is 0 Å². The van der Waals surface area contributed by atoms with Crippen molar-refractivity contribution in [2.45, 2.75) is 70.9 Å². The van der Waals surface area contributed by atoms with Gasteiger partial charge in [0, 0.05) is 36.8 Å². The van der Waals surface area contributed by atoms with Gasteiger partial charge in [-0.1, -0.05) is 0 Å². The molecule has 1 aliphatic heterocycles. The highest BCUT2D eigenvalue weighted by Gasteiger charge is 2.40. The molecule has 0 unspecified atom stereocenters. The lowest BCUT2D eigenvalue weighted by Crippen LogP contribution is -2.46. The van der Waals surface area contributed by atoms with E-state index in [-0.39, 0.29) is 29.0 Å². The van der Waals surface area contributed by atoms with Gasteiger partial charge in [0.1, 0.15) is 5.60 Å². The van der Waals surface area contributed by atoms with E-state index < -0.39 is 10.5 Å². The van der Waals surface area contributed by atoms with Crippen molar-refractivity contribution < 1.29 is 19.2 Å². The van der Waals surface area contributed by atoms with Crippen LogP contribution in [0.4, 0.5) is 10.5 Å². The van der Waals surface area contributed by atoms with Crippen molar-refractivity contribution in [1.82, 2.24) is 14.7 Å². The van der Waals surface area contributed by atoms with Crippen molar-refractivity contribution in [3.63, 3.8) is 0 Å². The first-order valence-corrected chi connectivity index (χ1v) is 11.3. The molecule has 9 nitrogen and oxygen atoms in total. The molecule has 1 aromatic carbocycles. The third kappa shape index (κ3) is 4.52. The molecule has 4 rings (SSSR count). The number of nitrogens with zero attached hydrogens (tertiary/aromatic N) is 4. The molecule has 174 valence electrons. The number of nitro benzene ring substituents is 1. The molecule has 1 aliphatic carbocycles. The monoisotopic (exact) mass is 444 g/mol. The molecule has 32 heavy (non-hydrogen) atoms. The van der Waals surface area contributed by atoms with Gasteiger partial charge in [0.15, 0.2) is 5.75 Å². The van der Waals surface area contributed by atoms with Gasteiger partial charge in [0.05, 0.1) is 23.6 Å². The molecule has 2 aromatic rings. The molecule has 2 heterocycles. The fraction of sp³-hybridized carbons (Fsp3) is 0.652. The maximum absolute atomic E-state index is 12.4. The van der Waals surface area contributed by atoms with E-state index in [1.54, 1.807) is 6.07 Å². The number of aromatic nitrogens is 2. The molecular weight excluding hydrogens is 412 g/mol. The number of carbonyl (C=O) groups excluding carboxylic acids is 1. The highest BCUT2D eigenvalue weighted by molar-refractivity contribution is 5.83. The van der Waals surface area contributed by atoms with Crippen LogP contribution in [0.15, 0.2) is 18.3 Å². The van der Waals surface area contributed by atoms with E-state index in [9.17, 15) is 14.9 Å². The first-order valence-electron chi connectivity index (χ1n) is 11.3. The van der Waals surface area contributed by atoms with Gasteiger partial charge < -0.3 is 14.4 Å². The smallest absolute Gasteiger partial charge is 0.410 e. The topological polar surface area (TPSA) is 99.7 Å². The third-order valence-electron chi connectivity index (χ3n) is 6.89. The summed E-state index contributed by atoms with van der Waals surface area (Å²) in [6, 6.07) is 3.46.